The van der Waals surface area contributed by atoms with Gasteiger partial charge < -0.3 is 10.6 Å². The maximum Gasteiger partial charge on any atom is 0.219 e. The van der Waals surface area contributed by atoms with Gasteiger partial charge in [-0.1, -0.05) is 25.5 Å². The molecule has 2 N–H and O–H groups in total. The summed E-state index contributed by atoms with van der Waals surface area (Å²) in [6.07, 6.45) is 5.08. The van der Waals surface area contributed by atoms with Crippen molar-refractivity contribution < 1.29 is 4.79 Å². The van der Waals surface area contributed by atoms with Gasteiger partial charge in [0.05, 0.1) is 0 Å². The van der Waals surface area contributed by atoms with E-state index in [1.54, 1.807) is 7.05 Å². The molecule has 0 radical (unpaired) electrons. The van der Waals surface area contributed by atoms with Crippen LogP contribution < -0.4 is 10.6 Å². The van der Waals surface area contributed by atoms with Gasteiger partial charge in [-0.25, -0.2) is 0 Å². The lowest BCUT2D eigenvalue weighted by molar-refractivity contribution is -0.120. The second kappa shape index (κ2) is 8.56. The predicted molar refractivity (Wildman–Crippen MR) is 76.8 cm³/mol. The van der Waals surface area contributed by atoms with Gasteiger partial charge in [0.15, 0.2) is 0 Å². The maximum absolute atomic E-state index is 11.0. The van der Waals surface area contributed by atoms with Gasteiger partial charge in [-0.15, -0.1) is 0 Å². The minimum atomic E-state index is 0.103. The molecule has 0 atom stereocenters. The van der Waals surface area contributed by atoms with E-state index in [2.05, 4.69) is 41.8 Å². The first-order chi connectivity index (χ1) is 8.76. The third-order valence-corrected chi connectivity index (χ3v) is 2.96. The van der Waals surface area contributed by atoms with Crippen LogP contribution >= 0.6 is 0 Å². The van der Waals surface area contributed by atoms with Crippen LogP contribution in [-0.2, 0) is 11.2 Å². The van der Waals surface area contributed by atoms with Crippen molar-refractivity contribution in [1.82, 2.24) is 5.32 Å². The Morgan fingerprint density at radius 2 is 1.89 bits per heavy atom. The Labute approximate surface area is 110 Å². The third kappa shape index (κ3) is 5.71. The second-order valence-electron chi connectivity index (χ2n) is 4.50. The monoisotopic (exact) mass is 248 g/mol. The summed E-state index contributed by atoms with van der Waals surface area (Å²) in [7, 11) is 1.67. The van der Waals surface area contributed by atoms with Crippen LogP contribution in [0.15, 0.2) is 24.3 Å². The summed E-state index contributed by atoms with van der Waals surface area (Å²) >= 11 is 0. The van der Waals surface area contributed by atoms with Crippen molar-refractivity contribution in [2.45, 2.75) is 39.0 Å². The number of aryl methyl sites for hydroxylation is 1. The molecule has 0 aromatic heterocycles. The Kier molecular flexibility index (Phi) is 6.92. The quantitative estimate of drug-likeness (QED) is 0.694. The Hall–Kier alpha value is -1.51. The lowest BCUT2D eigenvalue weighted by Gasteiger charge is -2.07. The van der Waals surface area contributed by atoms with Crippen LogP contribution in [0.4, 0.5) is 5.69 Å². The van der Waals surface area contributed by atoms with Gasteiger partial charge in [0.25, 0.3) is 0 Å². The van der Waals surface area contributed by atoms with E-state index in [-0.39, 0.29) is 5.91 Å². The molecular formula is C15H24N2O. The van der Waals surface area contributed by atoms with E-state index in [1.165, 1.54) is 18.4 Å². The Bertz CT molecular complexity index is 346. The number of carbonyl (C=O) groups excluding carboxylic acids is 1. The molecule has 0 aliphatic carbocycles. The highest BCUT2D eigenvalue weighted by atomic mass is 16.1. The van der Waals surface area contributed by atoms with E-state index in [0.717, 1.165) is 25.1 Å². The van der Waals surface area contributed by atoms with E-state index in [4.69, 9.17) is 0 Å². The molecule has 1 aromatic carbocycles. The van der Waals surface area contributed by atoms with Crippen LogP contribution in [0.5, 0.6) is 0 Å². The summed E-state index contributed by atoms with van der Waals surface area (Å²) in [5.74, 6) is 0.103. The summed E-state index contributed by atoms with van der Waals surface area (Å²) < 4.78 is 0. The first-order valence-corrected chi connectivity index (χ1v) is 6.79. The fourth-order valence-electron chi connectivity index (χ4n) is 1.78. The maximum atomic E-state index is 11.0. The summed E-state index contributed by atoms with van der Waals surface area (Å²) in [5.41, 5.74) is 2.53. The molecule has 18 heavy (non-hydrogen) atoms. The Morgan fingerprint density at radius 3 is 2.50 bits per heavy atom. The molecule has 0 saturated carbocycles. The number of rotatable bonds is 8. The van der Waals surface area contributed by atoms with Gasteiger partial charge >= 0.3 is 0 Å². The molecule has 0 bridgehead atoms. The van der Waals surface area contributed by atoms with Crippen LogP contribution in [-0.4, -0.2) is 19.5 Å². The van der Waals surface area contributed by atoms with E-state index in [9.17, 15) is 4.79 Å². The first-order valence-electron chi connectivity index (χ1n) is 6.79. The fraction of sp³-hybridized carbons (Fsp3) is 0.533. The number of hydrogen-bond donors (Lipinski definition) is 2. The average molecular weight is 248 g/mol. The predicted octanol–water partition coefficient (Wildman–Crippen LogP) is 2.97. The Balaban J connectivity index is 2.24. The molecule has 3 nitrogen and oxygen atoms in total. The topological polar surface area (TPSA) is 41.1 Å². The molecule has 1 rings (SSSR count). The number of benzene rings is 1. The normalized spacial score (nSPS) is 10.1. The molecule has 1 amide bonds. The van der Waals surface area contributed by atoms with Crippen molar-refractivity contribution in [3.8, 4) is 0 Å². The smallest absolute Gasteiger partial charge is 0.219 e. The van der Waals surface area contributed by atoms with E-state index in [1.807, 2.05) is 0 Å². The molecule has 0 aliphatic rings. The van der Waals surface area contributed by atoms with Gasteiger partial charge in [0.2, 0.25) is 5.91 Å². The molecule has 1 aromatic rings. The summed E-state index contributed by atoms with van der Waals surface area (Å²) in [6.45, 7) is 3.05. The molecule has 100 valence electrons. The van der Waals surface area contributed by atoms with Crippen molar-refractivity contribution in [3.63, 3.8) is 0 Å². The molecule has 0 fully saturated rings. The van der Waals surface area contributed by atoms with E-state index in [0.29, 0.717) is 6.42 Å². The van der Waals surface area contributed by atoms with Crippen molar-refractivity contribution in [3.05, 3.63) is 29.8 Å². The number of unbranched alkanes of at least 4 members (excludes halogenated alkanes) is 1. The molecule has 0 heterocycles. The lowest BCUT2D eigenvalue weighted by atomic mass is 10.1. The van der Waals surface area contributed by atoms with Crippen molar-refractivity contribution in [1.29, 1.82) is 0 Å². The van der Waals surface area contributed by atoms with Crippen molar-refractivity contribution in [2.24, 2.45) is 0 Å². The molecule has 0 spiro atoms. The van der Waals surface area contributed by atoms with Crippen LogP contribution in [0.2, 0.25) is 0 Å². The molecule has 0 saturated heterocycles. The second-order valence-corrected chi connectivity index (χ2v) is 4.50. The standard InChI is InChI=1S/C15H24N2O/c1-3-4-6-13-8-10-14(11-9-13)17-12-5-7-15(18)16-2/h8-11,17H,3-7,12H2,1-2H3,(H,16,18). The van der Waals surface area contributed by atoms with Gasteiger partial charge in [0.1, 0.15) is 0 Å². The van der Waals surface area contributed by atoms with Gasteiger partial charge in [-0.3, -0.25) is 4.79 Å². The van der Waals surface area contributed by atoms with Crippen molar-refractivity contribution >= 4 is 11.6 Å². The summed E-state index contributed by atoms with van der Waals surface area (Å²) in [5, 5.41) is 5.95. The fourth-order valence-corrected chi connectivity index (χ4v) is 1.78. The van der Waals surface area contributed by atoms with Crippen LogP contribution in [0.25, 0.3) is 0 Å². The van der Waals surface area contributed by atoms with Crippen molar-refractivity contribution in [2.75, 3.05) is 18.9 Å². The number of carbonyl (C=O) groups is 1. The minimum absolute atomic E-state index is 0.103. The van der Waals surface area contributed by atoms with E-state index < -0.39 is 0 Å². The lowest BCUT2D eigenvalue weighted by Crippen LogP contribution is -2.18. The highest BCUT2D eigenvalue weighted by molar-refractivity contribution is 5.75. The van der Waals surface area contributed by atoms with Crippen LogP contribution in [0, 0.1) is 0 Å². The molecular weight excluding hydrogens is 224 g/mol. The highest BCUT2D eigenvalue weighted by Crippen LogP contribution is 2.11. The molecule has 0 unspecified atom stereocenters. The number of hydrogen-bond acceptors (Lipinski definition) is 2. The summed E-state index contributed by atoms with van der Waals surface area (Å²) in [4.78, 5) is 11.0. The van der Waals surface area contributed by atoms with Crippen LogP contribution in [0.3, 0.4) is 0 Å². The zero-order chi connectivity index (χ0) is 13.2. The van der Waals surface area contributed by atoms with Crippen LogP contribution in [0.1, 0.15) is 38.2 Å². The molecule has 0 aliphatic heterocycles. The first kappa shape index (κ1) is 14.6. The number of anilines is 1. The van der Waals surface area contributed by atoms with E-state index >= 15 is 0 Å². The van der Waals surface area contributed by atoms with Gasteiger partial charge in [0, 0.05) is 25.7 Å². The van der Waals surface area contributed by atoms with Gasteiger partial charge in [-0.2, -0.15) is 0 Å². The Morgan fingerprint density at radius 1 is 1.17 bits per heavy atom. The number of amides is 1. The molecule has 3 heteroatoms. The average Bonchev–Trinajstić information content (AvgIpc) is 2.42. The zero-order valence-electron chi connectivity index (χ0n) is 11.5. The zero-order valence-corrected chi connectivity index (χ0v) is 11.5. The third-order valence-electron chi connectivity index (χ3n) is 2.96. The number of nitrogens with one attached hydrogen (secondary N) is 2. The SMILES string of the molecule is CCCCc1ccc(NCCCC(=O)NC)cc1. The highest BCUT2D eigenvalue weighted by Gasteiger charge is 1.98. The minimum Gasteiger partial charge on any atom is -0.385 e. The summed E-state index contributed by atoms with van der Waals surface area (Å²) in [6, 6.07) is 8.59. The van der Waals surface area contributed by atoms with Gasteiger partial charge in [-0.05, 0) is 37.0 Å². The largest absolute Gasteiger partial charge is 0.385 e.